The molecule has 0 fully saturated rings. The van der Waals surface area contributed by atoms with Gasteiger partial charge in [0, 0.05) is 6.42 Å². The number of phosphoric acid groups is 1. The number of likely N-dealkylation sites (N-methyl/N-ethyl adjacent to an activating group) is 1. The zero-order chi connectivity index (χ0) is 53.5. The second-order valence-corrected chi connectivity index (χ2v) is 23.4. The number of carbonyl (C=O) groups excluding carboxylic acids is 1. The summed E-state index contributed by atoms with van der Waals surface area (Å²) in [6.07, 6.45) is 75.7. The van der Waals surface area contributed by atoms with Crippen molar-refractivity contribution < 1.29 is 32.9 Å². The van der Waals surface area contributed by atoms with E-state index < -0.39 is 26.6 Å². The number of quaternary nitrogens is 1. The lowest BCUT2D eigenvalue weighted by molar-refractivity contribution is -0.870. The molecule has 0 aromatic rings. The maximum absolute atomic E-state index is 13.0. The number of allylic oxidation sites excluding steroid dienone is 11. The number of nitrogens with one attached hydrogen (secondary N) is 1. The van der Waals surface area contributed by atoms with Gasteiger partial charge >= 0.3 is 0 Å². The van der Waals surface area contributed by atoms with Crippen molar-refractivity contribution in [1.82, 2.24) is 5.32 Å². The summed E-state index contributed by atoms with van der Waals surface area (Å²) in [5.74, 6) is -0.209. The van der Waals surface area contributed by atoms with Gasteiger partial charge < -0.3 is 28.8 Å². The molecule has 3 atom stereocenters. The number of carbonyl (C=O) groups is 1. The number of hydrogen-bond acceptors (Lipinski definition) is 6. The molecule has 9 heteroatoms. The normalized spacial score (nSPS) is 14.3. The lowest BCUT2D eigenvalue weighted by Gasteiger charge is -2.29. The van der Waals surface area contributed by atoms with Gasteiger partial charge in [-0.3, -0.25) is 9.36 Å². The summed E-state index contributed by atoms with van der Waals surface area (Å²) in [4.78, 5) is 25.5. The van der Waals surface area contributed by atoms with Crippen molar-refractivity contribution in [1.29, 1.82) is 0 Å². The summed E-state index contributed by atoms with van der Waals surface area (Å²) in [6.45, 7) is 4.54. The third kappa shape index (κ3) is 57.5. The Hall–Kier alpha value is -2.06. The molecule has 0 saturated carbocycles. The highest BCUT2D eigenvalue weighted by Gasteiger charge is 2.23. The van der Waals surface area contributed by atoms with Crippen molar-refractivity contribution in [3.05, 3.63) is 72.9 Å². The van der Waals surface area contributed by atoms with Crippen molar-refractivity contribution >= 4 is 13.7 Å². The molecular formula is C64H119N2O6P. The zero-order valence-electron chi connectivity index (χ0n) is 48.6. The average molecular weight is 1040 g/mol. The average Bonchev–Trinajstić information content (AvgIpc) is 3.35. The molecule has 73 heavy (non-hydrogen) atoms. The van der Waals surface area contributed by atoms with Crippen molar-refractivity contribution in [2.24, 2.45) is 0 Å². The van der Waals surface area contributed by atoms with Crippen molar-refractivity contribution in [3.63, 3.8) is 0 Å². The first-order valence-corrected chi connectivity index (χ1v) is 32.3. The quantitative estimate of drug-likeness (QED) is 0.0272. The zero-order valence-corrected chi connectivity index (χ0v) is 49.5. The highest BCUT2D eigenvalue weighted by molar-refractivity contribution is 7.45. The predicted molar refractivity (Wildman–Crippen MR) is 316 cm³/mol. The Morgan fingerprint density at radius 1 is 0.493 bits per heavy atom. The van der Waals surface area contributed by atoms with E-state index in [1.807, 2.05) is 27.2 Å². The summed E-state index contributed by atoms with van der Waals surface area (Å²) in [5, 5.41) is 13.9. The van der Waals surface area contributed by atoms with Gasteiger partial charge in [-0.25, -0.2) is 0 Å². The van der Waals surface area contributed by atoms with Gasteiger partial charge in [0.15, 0.2) is 0 Å². The van der Waals surface area contributed by atoms with E-state index in [2.05, 4.69) is 79.9 Å². The third-order valence-electron chi connectivity index (χ3n) is 13.7. The lowest BCUT2D eigenvalue weighted by Crippen LogP contribution is -2.45. The van der Waals surface area contributed by atoms with Gasteiger partial charge in [-0.05, 0) is 70.6 Å². The van der Waals surface area contributed by atoms with E-state index in [-0.39, 0.29) is 12.5 Å². The SMILES string of the molecule is CC/C=C\C/C=C\C/C=C\C/C=C\CCCCCCCCCCCCCCC(=O)NC(COP(=O)([O-])OCC[N+](C)(C)C)C(O)/C=C/CC/C=C/CCCCCCCCCCCCCCCCCCCCCC. The van der Waals surface area contributed by atoms with Gasteiger partial charge in [0.1, 0.15) is 13.2 Å². The van der Waals surface area contributed by atoms with Gasteiger partial charge in [0.2, 0.25) is 5.91 Å². The molecule has 0 aliphatic rings. The number of amides is 1. The van der Waals surface area contributed by atoms with E-state index in [0.29, 0.717) is 17.4 Å². The highest BCUT2D eigenvalue weighted by Crippen LogP contribution is 2.38. The van der Waals surface area contributed by atoms with Crippen LogP contribution in [0.3, 0.4) is 0 Å². The first-order valence-electron chi connectivity index (χ1n) is 30.8. The molecule has 0 aliphatic carbocycles. The number of phosphoric ester groups is 1. The molecule has 1 amide bonds. The van der Waals surface area contributed by atoms with Crippen LogP contribution in [0.4, 0.5) is 0 Å². The molecule has 3 unspecified atom stereocenters. The largest absolute Gasteiger partial charge is 0.756 e. The fraction of sp³-hybridized carbons (Fsp3) is 0.797. The monoisotopic (exact) mass is 1040 g/mol. The minimum absolute atomic E-state index is 0.00885. The first kappa shape index (κ1) is 70.9. The van der Waals surface area contributed by atoms with Crippen LogP contribution in [-0.4, -0.2) is 68.5 Å². The Balaban J connectivity index is 4.21. The fourth-order valence-corrected chi connectivity index (χ4v) is 9.59. The Morgan fingerprint density at radius 2 is 0.849 bits per heavy atom. The molecule has 0 heterocycles. The molecule has 0 saturated heterocycles. The van der Waals surface area contributed by atoms with Crippen LogP contribution in [0.5, 0.6) is 0 Å². The molecule has 0 spiro atoms. The molecule has 0 radical (unpaired) electrons. The summed E-state index contributed by atoms with van der Waals surface area (Å²) >= 11 is 0. The third-order valence-corrected chi connectivity index (χ3v) is 14.6. The van der Waals surface area contributed by atoms with Gasteiger partial charge in [0.05, 0.1) is 39.9 Å². The van der Waals surface area contributed by atoms with E-state index in [9.17, 15) is 19.4 Å². The van der Waals surface area contributed by atoms with E-state index in [0.717, 1.165) is 64.2 Å². The predicted octanol–water partition coefficient (Wildman–Crippen LogP) is 18.4. The Labute approximate surface area is 453 Å². The van der Waals surface area contributed by atoms with E-state index in [1.54, 1.807) is 6.08 Å². The van der Waals surface area contributed by atoms with Gasteiger partial charge in [-0.15, -0.1) is 0 Å². The number of hydrogen-bond donors (Lipinski definition) is 2. The number of aliphatic hydroxyl groups is 1. The molecule has 2 N–H and O–H groups in total. The van der Waals surface area contributed by atoms with Crippen molar-refractivity contribution in [3.8, 4) is 0 Å². The van der Waals surface area contributed by atoms with E-state index in [4.69, 9.17) is 9.05 Å². The fourth-order valence-electron chi connectivity index (χ4n) is 8.87. The molecule has 0 rings (SSSR count). The number of aliphatic hydroxyl groups excluding tert-OH is 1. The molecule has 0 aliphatic heterocycles. The van der Waals surface area contributed by atoms with E-state index >= 15 is 0 Å². The van der Waals surface area contributed by atoms with Crippen LogP contribution in [-0.2, 0) is 18.4 Å². The lowest BCUT2D eigenvalue weighted by atomic mass is 10.0. The van der Waals surface area contributed by atoms with Crippen LogP contribution in [0.15, 0.2) is 72.9 Å². The Kier molecular flexibility index (Phi) is 53.2. The van der Waals surface area contributed by atoms with Crippen LogP contribution in [0, 0.1) is 0 Å². The summed E-state index contributed by atoms with van der Waals surface area (Å²) in [5.41, 5.74) is 0. The van der Waals surface area contributed by atoms with Crippen LogP contribution < -0.4 is 10.2 Å². The number of unbranched alkanes of at least 4 members (excludes halogenated alkanes) is 33. The number of rotatable bonds is 56. The topological polar surface area (TPSA) is 108 Å². The van der Waals surface area contributed by atoms with Gasteiger partial charge in [-0.1, -0.05) is 273 Å². The molecule has 0 aromatic carbocycles. The van der Waals surface area contributed by atoms with Crippen LogP contribution in [0.1, 0.15) is 277 Å². The highest BCUT2D eigenvalue weighted by atomic mass is 31.2. The first-order chi connectivity index (χ1) is 35.5. The maximum atomic E-state index is 13.0. The Morgan fingerprint density at radius 3 is 1.27 bits per heavy atom. The Bertz CT molecular complexity index is 1420. The van der Waals surface area contributed by atoms with Crippen molar-refractivity contribution in [2.45, 2.75) is 289 Å². The second-order valence-electron chi connectivity index (χ2n) is 22.0. The summed E-state index contributed by atoms with van der Waals surface area (Å²) in [7, 11) is 1.24. The second kappa shape index (κ2) is 54.7. The summed E-state index contributed by atoms with van der Waals surface area (Å²) in [6, 6.07) is -0.909. The van der Waals surface area contributed by atoms with E-state index in [1.165, 1.54) is 193 Å². The van der Waals surface area contributed by atoms with Crippen LogP contribution >= 0.6 is 7.82 Å². The van der Waals surface area contributed by atoms with Crippen LogP contribution in [0.25, 0.3) is 0 Å². The molecule has 426 valence electrons. The minimum Gasteiger partial charge on any atom is -0.756 e. The van der Waals surface area contributed by atoms with Crippen LogP contribution in [0.2, 0.25) is 0 Å². The van der Waals surface area contributed by atoms with Crippen molar-refractivity contribution in [2.75, 3.05) is 40.9 Å². The standard InChI is InChI=1S/C64H119N2O6P/c1-6-8-10-12-14-16-18-20-22-24-26-28-30-32-34-35-37-39-41-43-45-47-49-51-53-55-57-63(67)62(61-72-73(69,70)71-60-59-66(3,4)5)65-64(68)58-56-54-52-50-48-46-44-42-40-38-36-33-31-29-27-25-23-21-19-17-15-13-11-9-7-2/h9,11,15,17,21,23,27,29,47,49,55,57,62-63,67H,6-8,10,12-14,16,18-20,22,24-26,28,30-46,48,50-54,56,58-61H2,1-5H3,(H-,65,68,69,70)/b11-9-,17-15-,23-21-,29-27-,49-47+,57-55+. The van der Waals surface area contributed by atoms with Gasteiger partial charge in [0.25, 0.3) is 7.82 Å². The molecule has 0 aromatic heterocycles. The maximum Gasteiger partial charge on any atom is 0.268 e. The molecule has 0 bridgehead atoms. The molecular weight excluding hydrogens is 924 g/mol. The van der Waals surface area contributed by atoms with Gasteiger partial charge in [-0.2, -0.15) is 0 Å². The molecule has 8 nitrogen and oxygen atoms in total. The number of nitrogens with zero attached hydrogens (tertiary/aromatic N) is 1. The minimum atomic E-state index is -4.61. The smallest absolute Gasteiger partial charge is 0.268 e. The summed E-state index contributed by atoms with van der Waals surface area (Å²) < 4.78 is 23.4.